The lowest BCUT2D eigenvalue weighted by Crippen LogP contribution is -2.51. The summed E-state index contributed by atoms with van der Waals surface area (Å²) < 4.78 is 1.10. The first kappa shape index (κ1) is 16.0. The maximum absolute atomic E-state index is 4.34. The molecule has 0 aliphatic heterocycles. The Hall–Kier alpha value is -0.330. The first-order valence-corrected chi connectivity index (χ1v) is 9.04. The van der Waals surface area contributed by atoms with Gasteiger partial charge in [-0.3, -0.25) is 0 Å². The minimum Gasteiger partial charge on any atom is -0.353 e. The third kappa shape index (κ3) is 3.65. The molecule has 20 heavy (non-hydrogen) atoms. The summed E-state index contributed by atoms with van der Waals surface area (Å²) in [6.45, 7) is 8.00. The number of hydrogen-bond acceptors (Lipinski definition) is 6. The minimum absolute atomic E-state index is 0.362. The van der Waals surface area contributed by atoms with E-state index in [0.717, 1.165) is 16.0 Å². The average Bonchev–Trinajstić information content (AvgIpc) is 2.82. The molecular formula is C14H26N4S2. The third-order valence-corrected chi connectivity index (χ3v) is 6.50. The fourth-order valence-electron chi connectivity index (χ4n) is 2.90. The summed E-state index contributed by atoms with van der Waals surface area (Å²) in [6.07, 6.45) is 3.88. The van der Waals surface area contributed by atoms with Gasteiger partial charge in [0.15, 0.2) is 4.34 Å². The van der Waals surface area contributed by atoms with Crippen LogP contribution in [-0.4, -0.2) is 42.1 Å². The predicted molar refractivity (Wildman–Crippen MR) is 89.0 cm³/mol. The van der Waals surface area contributed by atoms with Crippen LogP contribution in [0.15, 0.2) is 4.34 Å². The standard InChI is InChI=1S/C14H26N4S2/c1-6-15-11-10(8-7-9-14(11,2)3)19-13-17-16-12(20-13)18(4)5/h10-11,15H,6-9H2,1-5H3. The highest BCUT2D eigenvalue weighted by Gasteiger charge is 2.39. The first-order chi connectivity index (χ1) is 9.44. The maximum atomic E-state index is 4.34. The van der Waals surface area contributed by atoms with Crippen LogP contribution in [0.25, 0.3) is 0 Å². The highest BCUT2D eigenvalue weighted by Crippen LogP contribution is 2.43. The summed E-state index contributed by atoms with van der Waals surface area (Å²) in [5.74, 6) is 0. The number of anilines is 1. The van der Waals surface area contributed by atoms with Crippen molar-refractivity contribution in [3.63, 3.8) is 0 Å². The Kier molecular flexibility index (Phi) is 5.31. The van der Waals surface area contributed by atoms with E-state index in [9.17, 15) is 0 Å². The number of nitrogens with zero attached hydrogens (tertiary/aromatic N) is 3. The molecule has 2 rings (SSSR count). The Labute approximate surface area is 130 Å². The van der Waals surface area contributed by atoms with E-state index in [2.05, 4.69) is 36.3 Å². The van der Waals surface area contributed by atoms with Crippen molar-refractivity contribution in [3.8, 4) is 0 Å². The van der Waals surface area contributed by atoms with E-state index in [1.807, 2.05) is 30.8 Å². The molecule has 0 bridgehead atoms. The molecule has 4 nitrogen and oxygen atoms in total. The van der Waals surface area contributed by atoms with Crippen LogP contribution in [0.4, 0.5) is 5.13 Å². The normalized spacial score (nSPS) is 25.6. The Morgan fingerprint density at radius 3 is 2.75 bits per heavy atom. The molecule has 1 N–H and O–H groups in total. The van der Waals surface area contributed by atoms with Crippen molar-refractivity contribution in [2.45, 2.75) is 55.7 Å². The van der Waals surface area contributed by atoms with Crippen LogP contribution in [0.5, 0.6) is 0 Å². The van der Waals surface area contributed by atoms with E-state index in [-0.39, 0.29) is 0 Å². The van der Waals surface area contributed by atoms with Gasteiger partial charge in [0.05, 0.1) is 0 Å². The Morgan fingerprint density at radius 2 is 2.15 bits per heavy atom. The highest BCUT2D eigenvalue weighted by molar-refractivity contribution is 8.01. The molecule has 1 aliphatic carbocycles. The molecule has 0 amide bonds. The summed E-state index contributed by atoms with van der Waals surface area (Å²) in [5, 5.41) is 13.9. The van der Waals surface area contributed by atoms with Gasteiger partial charge in [-0.15, -0.1) is 10.2 Å². The van der Waals surface area contributed by atoms with Crippen molar-refractivity contribution >= 4 is 28.2 Å². The summed E-state index contributed by atoms with van der Waals surface area (Å²) in [5.41, 5.74) is 0.362. The maximum Gasteiger partial charge on any atom is 0.208 e. The Bertz CT molecular complexity index is 431. The van der Waals surface area contributed by atoms with Gasteiger partial charge in [-0.05, 0) is 24.8 Å². The van der Waals surface area contributed by atoms with Gasteiger partial charge in [-0.2, -0.15) is 0 Å². The summed E-state index contributed by atoms with van der Waals surface area (Å²) in [6, 6.07) is 0.554. The van der Waals surface area contributed by atoms with Crippen LogP contribution in [0, 0.1) is 5.41 Å². The van der Waals surface area contributed by atoms with Crippen LogP contribution in [0.2, 0.25) is 0 Å². The zero-order valence-electron chi connectivity index (χ0n) is 13.1. The van der Waals surface area contributed by atoms with Crippen LogP contribution in [-0.2, 0) is 0 Å². The van der Waals surface area contributed by atoms with Crippen molar-refractivity contribution < 1.29 is 0 Å². The zero-order chi connectivity index (χ0) is 14.8. The summed E-state index contributed by atoms with van der Waals surface area (Å²) in [4.78, 5) is 2.02. The van der Waals surface area contributed by atoms with Gasteiger partial charge in [-0.1, -0.05) is 50.3 Å². The summed E-state index contributed by atoms with van der Waals surface area (Å²) >= 11 is 3.60. The fraction of sp³-hybridized carbons (Fsp3) is 0.857. The zero-order valence-corrected chi connectivity index (χ0v) is 14.8. The van der Waals surface area contributed by atoms with Gasteiger partial charge < -0.3 is 10.2 Å². The van der Waals surface area contributed by atoms with Crippen molar-refractivity contribution in [1.82, 2.24) is 15.5 Å². The minimum atomic E-state index is 0.362. The van der Waals surface area contributed by atoms with E-state index < -0.39 is 0 Å². The van der Waals surface area contributed by atoms with Crippen LogP contribution < -0.4 is 10.2 Å². The lowest BCUT2D eigenvalue weighted by molar-refractivity contribution is 0.176. The molecule has 1 saturated carbocycles. The highest BCUT2D eigenvalue weighted by atomic mass is 32.2. The lowest BCUT2D eigenvalue weighted by atomic mass is 9.73. The molecular weight excluding hydrogens is 288 g/mol. The van der Waals surface area contributed by atoms with E-state index >= 15 is 0 Å². The molecule has 1 aromatic rings. The summed E-state index contributed by atoms with van der Waals surface area (Å²) in [7, 11) is 4.03. The van der Waals surface area contributed by atoms with Gasteiger partial charge in [-0.25, -0.2) is 0 Å². The number of hydrogen-bond donors (Lipinski definition) is 1. The second-order valence-corrected chi connectivity index (χ2v) is 8.76. The molecule has 2 unspecified atom stereocenters. The number of rotatable bonds is 5. The molecule has 0 spiro atoms. The topological polar surface area (TPSA) is 41.1 Å². The Balaban J connectivity index is 2.08. The molecule has 0 aromatic carbocycles. The number of thioether (sulfide) groups is 1. The number of nitrogens with one attached hydrogen (secondary N) is 1. The Morgan fingerprint density at radius 1 is 1.40 bits per heavy atom. The van der Waals surface area contributed by atoms with Crippen LogP contribution >= 0.6 is 23.1 Å². The van der Waals surface area contributed by atoms with Gasteiger partial charge in [0, 0.05) is 25.4 Å². The van der Waals surface area contributed by atoms with Crippen LogP contribution in [0.1, 0.15) is 40.0 Å². The molecule has 1 fully saturated rings. The molecule has 114 valence electrons. The fourth-order valence-corrected chi connectivity index (χ4v) is 5.42. The smallest absolute Gasteiger partial charge is 0.208 e. The van der Waals surface area contributed by atoms with E-state index in [1.165, 1.54) is 19.3 Å². The predicted octanol–water partition coefficient (Wildman–Crippen LogP) is 3.25. The first-order valence-electron chi connectivity index (χ1n) is 7.35. The second kappa shape index (κ2) is 6.62. The number of aromatic nitrogens is 2. The lowest BCUT2D eigenvalue weighted by Gasteiger charge is -2.44. The van der Waals surface area contributed by atoms with E-state index in [1.54, 1.807) is 11.3 Å². The monoisotopic (exact) mass is 314 g/mol. The van der Waals surface area contributed by atoms with Gasteiger partial charge in [0.2, 0.25) is 5.13 Å². The average molecular weight is 315 g/mol. The van der Waals surface area contributed by atoms with Gasteiger partial charge >= 0.3 is 0 Å². The van der Waals surface area contributed by atoms with E-state index in [0.29, 0.717) is 16.7 Å². The quantitative estimate of drug-likeness (QED) is 0.903. The van der Waals surface area contributed by atoms with Crippen molar-refractivity contribution in [2.24, 2.45) is 5.41 Å². The molecule has 1 heterocycles. The van der Waals surface area contributed by atoms with Gasteiger partial charge in [0.25, 0.3) is 0 Å². The second-order valence-electron chi connectivity index (χ2n) is 6.32. The van der Waals surface area contributed by atoms with E-state index in [4.69, 9.17) is 0 Å². The van der Waals surface area contributed by atoms with Gasteiger partial charge in [0.1, 0.15) is 0 Å². The van der Waals surface area contributed by atoms with Crippen molar-refractivity contribution in [2.75, 3.05) is 25.5 Å². The molecule has 6 heteroatoms. The SMILES string of the molecule is CCNC1C(Sc2nnc(N(C)C)s2)CCCC1(C)C. The molecule has 1 aliphatic rings. The molecule has 0 radical (unpaired) electrons. The van der Waals surface area contributed by atoms with Crippen LogP contribution in [0.3, 0.4) is 0 Å². The van der Waals surface area contributed by atoms with Crippen molar-refractivity contribution in [3.05, 3.63) is 0 Å². The molecule has 2 atom stereocenters. The molecule has 0 saturated heterocycles. The largest absolute Gasteiger partial charge is 0.353 e. The third-order valence-electron chi connectivity index (χ3n) is 3.98. The molecule has 1 aromatic heterocycles. The van der Waals surface area contributed by atoms with Crippen molar-refractivity contribution in [1.29, 1.82) is 0 Å².